The highest BCUT2D eigenvalue weighted by Gasteiger charge is 2.28. The molecule has 0 aromatic heterocycles. The summed E-state index contributed by atoms with van der Waals surface area (Å²) in [6, 6.07) is 0. The maximum absolute atomic E-state index is 6.01. The number of hydrogen-bond acceptors (Lipinski definition) is 2. The SMILES string of the molecule is CCC(C)(CC)OC(C)OC(C)(CC)CC. The first-order valence-electron chi connectivity index (χ1n) is 6.70. The third kappa shape index (κ3) is 4.84. The molecule has 0 rings (SSSR count). The molecule has 98 valence electrons. The lowest BCUT2D eigenvalue weighted by molar-refractivity contribution is -0.243. The Balaban J connectivity index is 4.31. The zero-order chi connectivity index (χ0) is 12.8. The lowest BCUT2D eigenvalue weighted by atomic mass is 9.99. The van der Waals surface area contributed by atoms with Gasteiger partial charge in [-0.1, -0.05) is 27.7 Å². The second kappa shape index (κ2) is 6.61. The van der Waals surface area contributed by atoms with Crippen molar-refractivity contribution in [2.45, 2.75) is 91.6 Å². The normalized spacial score (nSPS) is 13.5. The van der Waals surface area contributed by atoms with Gasteiger partial charge >= 0.3 is 0 Å². The molecule has 0 radical (unpaired) electrons. The van der Waals surface area contributed by atoms with Gasteiger partial charge in [0.05, 0.1) is 11.2 Å². The van der Waals surface area contributed by atoms with E-state index in [4.69, 9.17) is 9.47 Å². The van der Waals surface area contributed by atoms with Crippen LogP contribution < -0.4 is 0 Å². The van der Waals surface area contributed by atoms with Gasteiger partial charge in [0.2, 0.25) is 0 Å². The van der Waals surface area contributed by atoms with E-state index in [0.717, 1.165) is 25.7 Å². The van der Waals surface area contributed by atoms with Crippen molar-refractivity contribution in [2.24, 2.45) is 0 Å². The molecule has 2 heteroatoms. The summed E-state index contributed by atoms with van der Waals surface area (Å²) >= 11 is 0. The van der Waals surface area contributed by atoms with Crippen molar-refractivity contribution >= 4 is 0 Å². The smallest absolute Gasteiger partial charge is 0.156 e. The third-order valence-corrected chi connectivity index (χ3v) is 3.89. The number of ether oxygens (including phenoxy) is 2. The highest BCUT2D eigenvalue weighted by molar-refractivity contribution is 4.74. The van der Waals surface area contributed by atoms with E-state index >= 15 is 0 Å². The largest absolute Gasteiger partial charge is 0.347 e. The number of rotatable bonds is 8. The fraction of sp³-hybridized carbons (Fsp3) is 1.00. The van der Waals surface area contributed by atoms with E-state index < -0.39 is 0 Å². The number of hydrogen-bond donors (Lipinski definition) is 0. The Morgan fingerprint density at radius 1 is 0.750 bits per heavy atom. The zero-order valence-corrected chi connectivity index (χ0v) is 12.2. The highest BCUT2D eigenvalue weighted by Crippen LogP contribution is 2.26. The van der Waals surface area contributed by atoms with Gasteiger partial charge in [-0.05, 0) is 46.5 Å². The summed E-state index contributed by atoms with van der Waals surface area (Å²) < 4.78 is 12.0. The van der Waals surface area contributed by atoms with Crippen LogP contribution in [0.4, 0.5) is 0 Å². The maximum atomic E-state index is 6.01. The van der Waals surface area contributed by atoms with Crippen LogP contribution >= 0.6 is 0 Å². The van der Waals surface area contributed by atoms with Crippen molar-refractivity contribution in [3.05, 3.63) is 0 Å². The van der Waals surface area contributed by atoms with Crippen LogP contribution in [0.1, 0.15) is 74.1 Å². The highest BCUT2D eigenvalue weighted by atomic mass is 16.7. The van der Waals surface area contributed by atoms with E-state index in [1.165, 1.54) is 0 Å². The third-order valence-electron chi connectivity index (χ3n) is 3.89. The zero-order valence-electron chi connectivity index (χ0n) is 12.2. The molecule has 0 fully saturated rings. The fourth-order valence-corrected chi connectivity index (χ4v) is 1.66. The molecule has 16 heavy (non-hydrogen) atoms. The molecule has 0 atom stereocenters. The summed E-state index contributed by atoms with van der Waals surface area (Å²) in [4.78, 5) is 0. The van der Waals surface area contributed by atoms with Gasteiger partial charge < -0.3 is 9.47 Å². The van der Waals surface area contributed by atoms with Crippen molar-refractivity contribution in [2.75, 3.05) is 0 Å². The summed E-state index contributed by atoms with van der Waals surface area (Å²) in [6.07, 6.45) is 3.95. The molecule has 0 spiro atoms. The van der Waals surface area contributed by atoms with Crippen molar-refractivity contribution in [3.63, 3.8) is 0 Å². The van der Waals surface area contributed by atoms with Crippen LogP contribution in [-0.4, -0.2) is 17.5 Å². The Hall–Kier alpha value is -0.0800. The van der Waals surface area contributed by atoms with Crippen molar-refractivity contribution in [1.82, 2.24) is 0 Å². The van der Waals surface area contributed by atoms with E-state index in [1.807, 2.05) is 6.92 Å². The maximum Gasteiger partial charge on any atom is 0.156 e. The van der Waals surface area contributed by atoms with Gasteiger partial charge in [0.15, 0.2) is 6.29 Å². The molecule has 0 saturated carbocycles. The van der Waals surface area contributed by atoms with Crippen LogP contribution in [0.2, 0.25) is 0 Å². The van der Waals surface area contributed by atoms with Crippen LogP contribution in [0.5, 0.6) is 0 Å². The molecule has 0 aliphatic heterocycles. The van der Waals surface area contributed by atoms with Crippen LogP contribution in [-0.2, 0) is 9.47 Å². The Bertz CT molecular complexity index is 161. The molecule has 0 aliphatic carbocycles. The Morgan fingerprint density at radius 2 is 1.00 bits per heavy atom. The van der Waals surface area contributed by atoms with Crippen LogP contribution in [0.3, 0.4) is 0 Å². The quantitative estimate of drug-likeness (QED) is 0.571. The summed E-state index contributed by atoms with van der Waals surface area (Å²) in [5.74, 6) is 0. The average molecular weight is 230 g/mol. The van der Waals surface area contributed by atoms with E-state index in [-0.39, 0.29) is 17.5 Å². The molecule has 0 aliphatic rings. The molecule has 0 bridgehead atoms. The van der Waals surface area contributed by atoms with Crippen LogP contribution in [0.15, 0.2) is 0 Å². The minimum absolute atomic E-state index is 0.0538. The van der Waals surface area contributed by atoms with E-state index in [0.29, 0.717) is 0 Å². The molecule has 0 heterocycles. The molecule has 0 aromatic rings. The standard InChI is InChI=1S/C14H30O2/c1-8-13(6,9-2)15-12(5)16-14(7,10-3)11-4/h12H,8-11H2,1-7H3. The first-order chi connectivity index (χ1) is 7.34. The predicted octanol–water partition coefficient (Wildman–Crippen LogP) is 4.52. The predicted molar refractivity (Wildman–Crippen MR) is 69.6 cm³/mol. The van der Waals surface area contributed by atoms with E-state index in [2.05, 4.69) is 41.5 Å². The minimum Gasteiger partial charge on any atom is -0.347 e. The fourth-order valence-electron chi connectivity index (χ4n) is 1.66. The Morgan fingerprint density at radius 3 is 1.19 bits per heavy atom. The molecular formula is C14H30O2. The molecule has 0 unspecified atom stereocenters. The second-order valence-corrected chi connectivity index (χ2v) is 5.12. The van der Waals surface area contributed by atoms with Crippen molar-refractivity contribution < 1.29 is 9.47 Å². The van der Waals surface area contributed by atoms with Gasteiger partial charge in [-0.2, -0.15) is 0 Å². The average Bonchev–Trinajstić information content (AvgIpc) is 2.28. The van der Waals surface area contributed by atoms with Crippen molar-refractivity contribution in [1.29, 1.82) is 0 Å². The van der Waals surface area contributed by atoms with E-state index in [9.17, 15) is 0 Å². The van der Waals surface area contributed by atoms with Gasteiger partial charge in [0.1, 0.15) is 0 Å². The molecule has 2 nitrogen and oxygen atoms in total. The van der Waals surface area contributed by atoms with Crippen LogP contribution in [0.25, 0.3) is 0 Å². The molecular weight excluding hydrogens is 200 g/mol. The monoisotopic (exact) mass is 230 g/mol. The molecule has 0 saturated heterocycles. The molecule has 0 amide bonds. The van der Waals surface area contributed by atoms with Gasteiger partial charge in [-0.15, -0.1) is 0 Å². The minimum atomic E-state index is -0.130. The lowest BCUT2D eigenvalue weighted by Crippen LogP contribution is -2.38. The molecule has 0 aromatic carbocycles. The van der Waals surface area contributed by atoms with Crippen molar-refractivity contribution in [3.8, 4) is 0 Å². The van der Waals surface area contributed by atoms with E-state index in [1.54, 1.807) is 0 Å². The summed E-state index contributed by atoms with van der Waals surface area (Å²) in [6.45, 7) is 15.0. The lowest BCUT2D eigenvalue weighted by Gasteiger charge is -2.36. The Labute approximate surface area is 102 Å². The molecule has 0 N–H and O–H groups in total. The van der Waals surface area contributed by atoms with Gasteiger partial charge in [-0.3, -0.25) is 0 Å². The first kappa shape index (κ1) is 15.9. The Kier molecular flexibility index (Phi) is 6.57. The van der Waals surface area contributed by atoms with Crippen LogP contribution in [0, 0.1) is 0 Å². The summed E-state index contributed by atoms with van der Waals surface area (Å²) in [5, 5.41) is 0. The topological polar surface area (TPSA) is 18.5 Å². The summed E-state index contributed by atoms with van der Waals surface area (Å²) in [7, 11) is 0. The summed E-state index contributed by atoms with van der Waals surface area (Å²) in [5.41, 5.74) is -0.108. The van der Waals surface area contributed by atoms with Gasteiger partial charge in [-0.25, -0.2) is 0 Å². The second-order valence-electron chi connectivity index (χ2n) is 5.12. The first-order valence-corrected chi connectivity index (χ1v) is 6.70. The van der Waals surface area contributed by atoms with Gasteiger partial charge in [0, 0.05) is 0 Å². The van der Waals surface area contributed by atoms with Gasteiger partial charge in [0.25, 0.3) is 0 Å².